The molecule has 1 aromatic heterocycles. The highest BCUT2D eigenvalue weighted by molar-refractivity contribution is 5.95. The van der Waals surface area contributed by atoms with Crippen LogP contribution in [0.5, 0.6) is 0 Å². The first-order chi connectivity index (χ1) is 14.2. The quantitative estimate of drug-likeness (QED) is 0.651. The van der Waals surface area contributed by atoms with Crippen LogP contribution in [0.4, 0.5) is 0 Å². The molecule has 0 atom stereocenters. The molecule has 2 N–H and O–H groups in total. The molecule has 1 saturated carbocycles. The number of hydrazine groups is 1. The van der Waals surface area contributed by atoms with Gasteiger partial charge in [0.1, 0.15) is 0 Å². The summed E-state index contributed by atoms with van der Waals surface area (Å²) in [6.45, 7) is 0.445. The molecular formula is C21H22N6O2. The maximum absolute atomic E-state index is 12.2. The number of nitrogens with zero attached hydrogens (tertiary/aromatic N) is 4. The molecular weight excluding hydrogens is 368 g/mol. The highest BCUT2D eigenvalue weighted by Crippen LogP contribution is 2.24. The lowest BCUT2D eigenvalue weighted by molar-refractivity contribution is -0.125. The van der Waals surface area contributed by atoms with E-state index >= 15 is 0 Å². The Morgan fingerprint density at radius 3 is 2.41 bits per heavy atom. The second-order valence-electron chi connectivity index (χ2n) is 7.13. The lowest BCUT2D eigenvalue weighted by Gasteiger charge is -2.11. The van der Waals surface area contributed by atoms with Gasteiger partial charge in [-0.25, -0.2) is 0 Å². The van der Waals surface area contributed by atoms with Gasteiger partial charge >= 0.3 is 0 Å². The first-order valence-corrected chi connectivity index (χ1v) is 9.71. The maximum Gasteiger partial charge on any atom is 0.269 e. The third-order valence-corrected chi connectivity index (χ3v) is 5.05. The van der Waals surface area contributed by atoms with Crippen molar-refractivity contribution in [2.75, 3.05) is 0 Å². The monoisotopic (exact) mass is 390 g/mol. The van der Waals surface area contributed by atoms with Crippen LogP contribution in [0.3, 0.4) is 0 Å². The minimum absolute atomic E-state index is 0.00799. The van der Waals surface area contributed by atoms with Crippen molar-refractivity contribution in [3.05, 3.63) is 65.7 Å². The van der Waals surface area contributed by atoms with Crippen LogP contribution >= 0.6 is 0 Å². The van der Waals surface area contributed by atoms with Crippen LogP contribution in [0.25, 0.3) is 11.4 Å². The van der Waals surface area contributed by atoms with Crippen LogP contribution in [0.1, 0.15) is 41.6 Å². The minimum atomic E-state index is -0.340. The van der Waals surface area contributed by atoms with E-state index in [1.165, 1.54) is 4.80 Å². The van der Waals surface area contributed by atoms with E-state index in [9.17, 15) is 9.59 Å². The van der Waals surface area contributed by atoms with Crippen molar-refractivity contribution in [1.82, 2.24) is 31.1 Å². The van der Waals surface area contributed by atoms with Gasteiger partial charge < -0.3 is 0 Å². The van der Waals surface area contributed by atoms with E-state index in [0.717, 1.165) is 36.8 Å². The zero-order valence-electron chi connectivity index (χ0n) is 15.9. The van der Waals surface area contributed by atoms with E-state index in [1.807, 2.05) is 42.5 Å². The van der Waals surface area contributed by atoms with Gasteiger partial charge in [0, 0.05) is 17.0 Å². The van der Waals surface area contributed by atoms with Crippen LogP contribution < -0.4 is 10.9 Å². The fourth-order valence-electron chi connectivity index (χ4n) is 3.42. The van der Waals surface area contributed by atoms with E-state index in [2.05, 4.69) is 26.3 Å². The molecule has 4 rings (SSSR count). The Balaban J connectivity index is 1.32. The molecule has 0 bridgehead atoms. The van der Waals surface area contributed by atoms with Crippen LogP contribution in [-0.2, 0) is 11.3 Å². The van der Waals surface area contributed by atoms with Gasteiger partial charge in [0.2, 0.25) is 11.7 Å². The molecule has 0 radical (unpaired) electrons. The van der Waals surface area contributed by atoms with Gasteiger partial charge in [-0.1, -0.05) is 55.3 Å². The summed E-state index contributed by atoms with van der Waals surface area (Å²) in [5, 5.41) is 12.5. The van der Waals surface area contributed by atoms with E-state index in [1.54, 1.807) is 12.1 Å². The number of amides is 2. The predicted molar refractivity (Wildman–Crippen MR) is 106 cm³/mol. The molecule has 1 aliphatic rings. The smallest absolute Gasteiger partial charge is 0.269 e. The van der Waals surface area contributed by atoms with Crippen LogP contribution in [0.15, 0.2) is 54.6 Å². The highest BCUT2D eigenvalue weighted by Gasteiger charge is 2.22. The average Bonchev–Trinajstić information content (AvgIpc) is 3.45. The second kappa shape index (κ2) is 8.64. The summed E-state index contributed by atoms with van der Waals surface area (Å²) in [4.78, 5) is 25.7. The molecule has 0 unspecified atom stereocenters. The van der Waals surface area contributed by atoms with Crippen molar-refractivity contribution in [2.45, 2.75) is 32.2 Å². The number of benzene rings is 2. The van der Waals surface area contributed by atoms with E-state index < -0.39 is 0 Å². The summed E-state index contributed by atoms with van der Waals surface area (Å²) in [7, 11) is 0. The Bertz CT molecular complexity index is 978. The predicted octanol–water partition coefficient (Wildman–Crippen LogP) is 2.34. The zero-order chi connectivity index (χ0) is 20.1. The van der Waals surface area contributed by atoms with Gasteiger partial charge in [0.15, 0.2) is 0 Å². The molecule has 0 aliphatic heterocycles. The molecule has 2 aromatic carbocycles. The normalized spacial score (nSPS) is 13.9. The number of carbonyl (C=O) groups is 2. The molecule has 1 aliphatic carbocycles. The number of aromatic nitrogens is 4. The molecule has 1 fully saturated rings. The second-order valence-corrected chi connectivity index (χ2v) is 7.13. The fraction of sp³-hybridized carbons (Fsp3) is 0.286. The highest BCUT2D eigenvalue weighted by atomic mass is 16.2. The summed E-state index contributed by atoms with van der Waals surface area (Å²) in [5.41, 5.74) is 7.33. The Morgan fingerprint density at radius 1 is 0.966 bits per heavy atom. The third kappa shape index (κ3) is 4.66. The van der Waals surface area contributed by atoms with Gasteiger partial charge in [0.25, 0.3) is 5.91 Å². The largest absolute Gasteiger partial charge is 0.273 e. The molecule has 29 heavy (non-hydrogen) atoms. The van der Waals surface area contributed by atoms with Crippen LogP contribution in [0, 0.1) is 5.92 Å². The lowest BCUT2D eigenvalue weighted by Crippen LogP contribution is -2.44. The van der Waals surface area contributed by atoms with Crippen molar-refractivity contribution >= 4 is 11.8 Å². The van der Waals surface area contributed by atoms with Gasteiger partial charge in [-0.3, -0.25) is 20.4 Å². The number of hydrogen-bond acceptors (Lipinski definition) is 5. The minimum Gasteiger partial charge on any atom is -0.273 e. The summed E-state index contributed by atoms with van der Waals surface area (Å²) < 4.78 is 0. The third-order valence-electron chi connectivity index (χ3n) is 5.05. The Labute approximate surface area is 168 Å². The van der Waals surface area contributed by atoms with E-state index in [0.29, 0.717) is 17.9 Å². The van der Waals surface area contributed by atoms with Crippen LogP contribution in [-0.4, -0.2) is 32.0 Å². The zero-order valence-corrected chi connectivity index (χ0v) is 15.9. The standard InChI is InChI=1S/C21H22N6O2/c28-20(17-8-4-5-9-17)23-24-21(29)18-12-10-15(11-13-18)14-27-25-19(22-26-27)16-6-2-1-3-7-16/h1-3,6-7,10-13,17H,4-5,8-9,14H2,(H,23,28)(H,24,29). The fourth-order valence-corrected chi connectivity index (χ4v) is 3.42. The van der Waals surface area contributed by atoms with Crippen LogP contribution in [0.2, 0.25) is 0 Å². The number of tetrazole rings is 1. The number of carbonyl (C=O) groups excluding carboxylic acids is 2. The van der Waals surface area contributed by atoms with E-state index in [4.69, 9.17) is 0 Å². The SMILES string of the molecule is O=C(NNC(=O)C1CCCC1)c1ccc(Cn2nnc(-c3ccccc3)n2)cc1. The average molecular weight is 390 g/mol. The molecule has 8 nitrogen and oxygen atoms in total. The Kier molecular flexibility index (Phi) is 5.60. The summed E-state index contributed by atoms with van der Waals surface area (Å²) in [6, 6.07) is 16.7. The number of rotatable bonds is 5. The Morgan fingerprint density at radius 2 is 1.69 bits per heavy atom. The molecule has 3 aromatic rings. The molecule has 2 amide bonds. The molecule has 0 spiro atoms. The lowest BCUT2D eigenvalue weighted by atomic mass is 10.1. The molecule has 148 valence electrons. The van der Waals surface area contributed by atoms with Crippen molar-refractivity contribution in [2.24, 2.45) is 5.92 Å². The van der Waals surface area contributed by atoms with Crippen molar-refractivity contribution < 1.29 is 9.59 Å². The van der Waals surface area contributed by atoms with Gasteiger partial charge in [-0.05, 0) is 35.8 Å². The summed E-state index contributed by atoms with van der Waals surface area (Å²) >= 11 is 0. The van der Waals surface area contributed by atoms with Crippen molar-refractivity contribution in [3.8, 4) is 11.4 Å². The topological polar surface area (TPSA) is 102 Å². The summed E-state index contributed by atoms with van der Waals surface area (Å²) in [5.74, 6) is 0.125. The van der Waals surface area contributed by atoms with Crippen molar-refractivity contribution in [1.29, 1.82) is 0 Å². The van der Waals surface area contributed by atoms with Crippen molar-refractivity contribution in [3.63, 3.8) is 0 Å². The van der Waals surface area contributed by atoms with Gasteiger partial charge in [-0.15, -0.1) is 10.2 Å². The maximum atomic E-state index is 12.2. The number of nitrogens with one attached hydrogen (secondary N) is 2. The molecule has 1 heterocycles. The first-order valence-electron chi connectivity index (χ1n) is 9.71. The Hall–Kier alpha value is -3.55. The van der Waals surface area contributed by atoms with Gasteiger partial charge in [0.05, 0.1) is 6.54 Å². The summed E-state index contributed by atoms with van der Waals surface area (Å²) in [6.07, 6.45) is 3.92. The molecule has 8 heteroatoms. The van der Waals surface area contributed by atoms with E-state index in [-0.39, 0.29) is 17.7 Å². The first kappa shape index (κ1) is 18.8. The van der Waals surface area contributed by atoms with Gasteiger partial charge in [-0.2, -0.15) is 4.80 Å². The molecule has 0 saturated heterocycles. The number of hydrogen-bond donors (Lipinski definition) is 2.